The molecule has 0 nitrogen and oxygen atoms in total. The van der Waals surface area contributed by atoms with Crippen LogP contribution < -0.4 is 0 Å². The van der Waals surface area contributed by atoms with E-state index in [1.54, 1.807) is 6.42 Å². The fraction of sp³-hybridized carbons (Fsp3) is 0.0625. The maximum atomic E-state index is 5.26. The molecule has 0 heterocycles. The van der Waals surface area contributed by atoms with Crippen molar-refractivity contribution >= 4 is 0 Å². The van der Waals surface area contributed by atoms with Crippen LogP contribution in [0.25, 0.3) is 0 Å². The van der Waals surface area contributed by atoms with Gasteiger partial charge in [0.2, 0.25) is 0 Å². The van der Waals surface area contributed by atoms with Crippen LogP contribution in [0.1, 0.15) is 16.7 Å². The minimum atomic E-state index is 0.951. The molecule has 77 valence electrons. The molecule has 1 radical (unpaired) electrons. The zero-order chi connectivity index (χ0) is 11.2. The number of terminal acetylenes is 1. The summed E-state index contributed by atoms with van der Waals surface area (Å²) in [4.78, 5) is 0. The molecule has 0 unspecified atom stereocenters. The van der Waals surface area contributed by atoms with E-state index >= 15 is 0 Å². The molecule has 0 amide bonds. The molecule has 0 atom stereocenters. The van der Waals surface area contributed by atoms with Crippen LogP contribution >= 0.6 is 0 Å². The lowest BCUT2D eigenvalue weighted by atomic mass is 10.0. The molecule has 0 aliphatic rings. The minimum Gasteiger partial charge on any atom is -0.119 e. The molecule has 2 rings (SSSR count). The van der Waals surface area contributed by atoms with Crippen molar-refractivity contribution < 1.29 is 0 Å². The Labute approximate surface area is 96.9 Å². The summed E-state index contributed by atoms with van der Waals surface area (Å²) in [7, 11) is 0. The summed E-state index contributed by atoms with van der Waals surface area (Å²) in [5.74, 6) is 2.55. The van der Waals surface area contributed by atoms with Crippen molar-refractivity contribution in [2.75, 3.05) is 0 Å². The first kappa shape index (κ1) is 10.5. The first-order valence-corrected chi connectivity index (χ1v) is 5.31. The van der Waals surface area contributed by atoms with Crippen LogP contribution in [0.3, 0.4) is 0 Å². The highest BCUT2D eigenvalue weighted by atomic mass is 14.0. The lowest BCUT2D eigenvalue weighted by Gasteiger charge is -2.03. The molecule has 16 heavy (non-hydrogen) atoms. The van der Waals surface area contributed by atoms with E-state index in [-0.39, 0.29) is 0 Å². The molecular weight excluding hydrogens is 192 g/mol. The van der Waals surface area contributed by atoms with Gasteiger partial charge in [-0.15, -0.1) is 6.42 Å². The van der Waals surface area contributed by atoms with Gasteiger partial charge in [-0.25, -0.2) is 0 Å². The predicted molar refractivity (Wildman–Crippen MR) is 67.9 cm³/mol. The Morgan fingerprint density at radius 1 is 0.938 bits per heavy atom. The summed E-state index contributed by atoms with van der Waals surface area (Å²) < 4.78 is 0. The van der Waals surface area contributed by atoms with Crippen molar-refractivity contribution in [3.63, 3.8) is 0 Å². The fourth-order valence-corrected chi connectivity index (χ4v) is 1.72. The van der Waals surface area contributed by atoms with Crippen molar-refractivity contribution in [3.05, 3.63) is 77.7 Å². The number of hydrogen-bond acceptors (Lipinski definition) is 0. The standard InChI is InChI=1S/C16H13/c1-2-7-14-10-6-11-16(12-14)13-15-8-4-3-5-9-15/h1,3-12H,13H2. The molecule has 0 spiro atoms. The second-order valence-corrected chi connectivity index (χ2v) is 3.72. The van der Waals surface area contributed by atoms with Crippen molar-refractivity contribution in [1.82, 2.24) is 0 Å². The predicted octanol–water partition coefficient (Wildman–Crippen LogP) is 3.46. The molecule has 0 aromatic heterocycles. The molecular formula is C16H13. The van der Waals surface area contributed by atoms with E-state index in [1.165, 1.54) is 11.1 Å². The van der Waals surface area contributed by atoms with Gasteiger partial charge in [0.05, 0.1) is 6.42 Å². The molecule has 0 saturated heterocycles. The summed E-state index contributed by atoms with van der Waals surface area (Å²) in [6.45, 7) is 0. The van der Waals surface area contributed by atoms with E-state index in [0.29, 0.717) is 0 Å². The van der Waals surface area contributed by atoms with E-state index in [2.05, 4.69) is 42.3 Å². The van der Waals surface area contributed by atoms with Crippen LogP contribution in [0.15, 0.2) is 54.6 Å². The third-order valence-corrected chi connectivity index (χ3v) is 2.45. The maximum Gasteiger partial charge on any atom is 0.0628 e. The molecule has 0 heteroatoms. The van der Waals surface area contributed by atoms with Crippen LogP contribution in [0.5, 0.6) is 0 Å². The highest BCUT2D eigenvalue weighted by Crippen LogP contribution is 2.12. The van der Waals surface area contributed by atoms with Gasteiger partial charge in [-0.05, 0) is 23.1 Å². The molecule has 0 N–H and O–H groups in total. The minimum absolute atomic E-state index is 0.951. The summed E-state index contributed by atoms with van der Waals surface area (Å²) >= 11 is 0. The lowest BCUT2D eigenvalue weighted by molar-refractivity contribution is 1.19. The van der Waals surface area contributed by atoms with Gasteiger partial charge in [-0.3, -0.25) is 0 Å². The van der Waals surface area contributed by atoms with Gasteiger partial charge >= 0.3 is 0 Å². The lowest BCUT2D eigenvalue weighted by Crippen LogP contribution is -1.89. The van der Waals surface area contributed by atoms with Crippen LogP contribution in [0, 0.1) is 18.8 Å². The second-order valence-electron chi connectivity index (χ2n) is 3.72. The maximum absolute atomic E-state index is 5.26. The number of benzene rings is 2. The first-order chi connectivity index (χ1) is 7.88. The van der Waals surface area contributed by atoms with Crippen molar-refractivity contribution in [2.24, 2.45) is 0 Å². The highest BCUT2D eigenvalue weighted by molar-refractivity contribution is 5.36. The second kappa shape index (κ2) is 5.19. The van der Waals surface area contributed by atoms with Crippen LogP contribution in [0.4, 0.5) is 0 Å². The topological polar surface area (TPSA) is 0 Å². The monoisotopic (exact) mass is 205 g/mol. The molecule has 0 saturated carbocycles. The smallest absolute Gasteiger partial charge is 0.0628 e. The van der Waals surface area contributed by atoms with Gasteiger partial charge in [0.15, 0.2) is 0 Å². The van der Waals surface area contributed by atoms with Crippen LogP contribution in [0.2, 0.25) is 0 Å². The van der Waals surface area contributed by atoms with Gasteiger partial charge in [-0.2, -0.15) is 0 Å². The average molecular weight is 205 g/mol. The normalized spacial score (nSPS) is 9.69. The molecule has 0 bridgehead atoms. The van der Waals surface area contributed by atoms with E-state index < -0.39 is 0 Å². The van der Waals surface area contributed by atoms with E-state index in [4.69, 9.17) is 6.42 Å². The van der Waals surface area contributed by atoms with Crippen LogP contribution in [-0.4, -0.2) is 0 Å². The van der Waals surface area contributed by atoms with E-state index in [9.17, 15) is 0 Å². The van der Waals surface area contributed by atoms with Gasteiger partial charge in [0, 0.05) is 0 Å². The van der Waals surface area contributed by atoms with Gasteiger partial charge in [0.25, 0.3) is 0 Å². The van der Waals surface area contributed by atoms with Crippen molar-refractivity contribution in [3.8, 4) is 12.3 Å². The van der Waals surface area contributed by atoms with Gasteiger partial charge in [-0.1, -0.05) is 60.5 Å². The number of hydrogen-bond donors (Lipinski definition) is 0. The third-order valence-electron chi connectivity index (χ3n) is 2.45. The molecule has 0 fully saturated rings. The summed E-state index contributed by atoms with van der Waals surface area (Å²) in [5.41, 5.74) is 3.70. The Balaban J connectivity index is 2.16. The quantitative estimate of drug-likeness (QED) is 0.673. The Morgan fingerprint density at radius 2 is 1.69 bits per heavy atom. The molecule has 2 aromatic carbocycles. The van der Waals surface area contributed by atoms with Crippen LogP contribution in [-0.2, 0) is 6.42 Å². The molecule has 0 aliphatic heterocycles. The Hall–Kier alpha value is -2.00. The van der Waals surface area contributed by atoms with E-state index in [1.807, 2.05) is 18.2 Å². The Morgan fingerprint density at radius 3 is 2.44 bits per heavy atom. The molecule has 2 aromatic rings. The first-order valence-electron chi connectivity index (χ1n) is 5.31. The molecule has 0 aliphatic carbocycles. The van der Waals surface area contributed by atoms with Gasteiger partial charge < -0.3 is 0 Å². The largest absolute Gasteiger partial charge is 0.119 e. The summed E-state index contributed by atoms with van der Waals surface area (Å²) in [6.07, 6.45) is 8.00. The number of rotatable bonds is 3. The zero-order valence-corrected chi connectivity index (χ0v) is 9.06. The Bertz CT molecular complexity index is 489. The summed E-state index contributed by atoms with van der Waals surface area (Å²) in [5, 5.41) is 0. The fourth-order valence-electron chi connectivity index (χ4n) is 1.72. The van der Waals surface area contributed by atoms with Crippen molar-refractivity contribution in [2.45, 2.75) is 6.42 Å². The SMILES string of the molecule is C#C[CH]c1cccc(Cc2ccccc2)c1. The van der Waals surface area contributed by atoms with Crippen molar-refractivity contribution in [1.29, 1.82) is 0 Å². The zero-order valence-electron chi connectivity index (χ0n) is 9.06. The van der Waals surface area contributed by atoms with Gasteiger partial charge in [0.1, 0.15) is 0 Å². The Kier molecular flexibility index (Phi) is 3.41. The third kappa shape index (κ3) is 2.74. The van der Waals surface area contributed by atoms with E-state index in [0.717, 1.165) is 12.0 Å². The highest BCUT2D eigenvalue weighted by Gasteiger charge is 1.97. The average Bonchev–Trinajstić information content (AvgIpc) is 2.31. The summed E-state index contributed by atoms with van der Waals surface area (Å²) in [6, 6.07) is 18.8.